The van der Waals surface area contributed by atoms with Gasteiger partial charge in [0, 0.05) is 25.1 Å². The van der Waals surface area contributed by atoms with E-state index in [4.69, 9.17) is 4.74 Å². The zero-order valence-corrected chi connectivity index (χ0v) is 12.8. The molecule has 1 saturated heterocycles. The van der Waals surface area contributed by atoms with E-state index in [1.54, 1.807) is 13.8 Å². The van der Waals surface area contributed by atoms with Crippen molar-refractivity contribution in [3.63, 3.8) is 0 Å². The Morgan fingerprint density at radius 2 is 2.05 bits per heavy atom. The molecule has 1 aromatic carbocycles. The molecule has 0 aromatic heterocycles. The maximum absolute atomic E-state index is 14.1. The van der Waals surface area contributed by atoms with Gasteiger partial charge in [-0.1, -0.05) is 6.07 Å². The minimum absolute atomic E-state index is 0.265. The smallest absolute Gasteiger partial charge is 0.310 e. The number of hydrogen-bond acceptors (Lipinski definition) is 4. The first-order valence-electron chi connectivity index (χ1n) is 7.04. The lowest BCUT2D eigenvalue weighted by atomic mass is 9.88. The molecule has 120 valence electrons. The standard InChI is InChI=1S/C16H19F2NO3/c1-16(2,9-20)19-7-12(13(8-19)15(21)22-3)11-5-4-10(17)6-14(11)18/h4-6,9,12-13H,7-8H2,1-3H3/t12-,13+/m0/s1. The number of esters is 1. The van der Waals surface area contributed by atoms with Crippen LogP contribution < -0.4 is 0 Å². The fraction of sp³-hybridized carbons (Fsp3) is 0.500. The monoisotopic (exact) mass is 311 g/mol. The van der Waals surface area contributed by atoms with E-state index in [1.807, 2.05) is 4.90 Å². The SMILES string of the molecule is COC(=O)[C@@H]1CN(C(C)(C)C=O)C[C@H]1c1ccc(F)cc1F. The molecule has 1 aromatic rings. The highest BCUT2D eigenvalue weighted by Crippen LogP contribution is 2.37. The Hall–Kier alpha value is -1.82. The average molecular weight is 311 g/mol. The van der Waals surface area contributed by atoms with Gasteiger partial charge in [-0.05, 0) is 25.5 Å². The maximum atomic E-state index is 14.1. The van der Waals surface area contributed by atoms with Gasteiger partial charge in [0.15, 0.2) is 0 Å². The summed E-state index contributed by atoms with van der Waals surface area (Å²) in [5.41, 5.74) is -0.502. The van der Waals surface area contributed by atoms with E-state index in [0.717, 1.165) is 12.4 Å². The zero-order chi connectivity index (χ0) is 16.5. The number of halogens is 2. The number of rotatable bonds is 4. The van der Waals surface area contributed by atoms with Crippen molar-refractivity contribution in [3.8, 4) is 0 Å². The first-order valence-corrected chi connectivity index (χ1v) is 7.04. The van der Waals surface area contributed by atoms with Gasteiger partial charge in [-0.25, -0.2) is 8.78 Å². The molecule has 0 N–H and O–H groups in total. The number of hydrogen-bond donors (Lipinski definition) is 0. The molecule has 0 spiro atoms. The van der Waals surface area contributed by atoms with Crippen molar-refractivity contribution < 1.29 is 23.1 Å². The van der Waals surface area contributed by atoms with Gasteiger partial charge in [-0.2, -0.15) is 0 Å². The van der Waals surface area contributed by atoms with Crippen LogP contribution in [0.3, 0.4) is 0 Å². The molecular weight excluding hydrogens is 292 g/mol. The van der Waals surface area contributed by atoms with Crippen LogP contribution in [0, 0.1) is 17.6 Å². The van der Waals surface area contributed by atoms with E-state index in [9.17, 15) is 18.4 Å². The molecule has 6 heteroatoms. The van der Waals surface area contributed by atoms with Crippen LogP contribution in [0.1, 0.15) is 25.3 Å². The molecule has 2 atom stereocenters. The third-order valence-electron chi connectivity index (χ3n) is 4.29. The first kappa shape index (κ1) is 16.5. The van der Waals surface area contributed by atoms with Crippen LogP contribution in [0.25, 0.3) is 0 Å². The summed E-state index contributed by atoms with van der Waals surface area (Å²) >= 11 is 0. The molecular formula is C16H19F2NO3. The molecule has 1 fully saturated rings. The predicted octanol–water partition coefficient (Wildman–Crippen LogP) is 2.13. The van der Waals surface area contributed by atoms with E-state index in [0.29, 0.717) is 13.1 Å². The van der Waals surface area contributed by atoms with Crippen molar-refractivity contribution in [2.24, 2.45) is 5.92 Å². The topological polar surface area (TPSA) is 46.6 Å². The van der Waals surface area contributed by atoms with Crippen molar-refractivity contribution in [1.29, 1.82) is 0 Å². The zero-order valence-electron chi connectivity index (χ0n) is 12.8. The van der Waals surface area contributed by atoms with Crippen LogP contribution in [0.5, 0.6) is 0 Å². The normalized spacial score (nSPS) is 22.6. The molecule has 22 heavy (non-hydrogen) atoms. The highest BCUT2D eigenvalue weighted by Gasteiger charge is 2.44. The minimum atomic E-state index is -0.766. The predicted molar refractivity (Wildman–Crippen MR) is 76.3 cm³/mol. The fourth-order valence-electron chi connectivity index (χ4n) is 2.86. The van der Waals surface area contributed by atoms with Gasteiger partial charge < -0.3 is 9.53 Å². The summed E-state index contributed by atoms with van der Waals surface area (Å²) in [5, 5.41) is 0. The summed E-state index contributed by atoms with van der Waals surface area (Å²) in [6.07, 6.45) is 0.796. The van der Waals surface area contributed by atoms with Gasteiger partial charge in [0.1, 0.15) is 17.9 Å². The molecule has 1 aliphatic heterocycles. The number of ether oxygens (including phenoxy) is 1. The number of carbonyl (C=O) groups is 2. The molecule has 0 radical (unpaired) electrons. The Kier molecular flexibility index (Phi) is 4.60. The van der Waals surface area contributed by atoms with Crippen LogP contribution in [-0.2, 0) is 14.3 Å². The fourth-order valence-corrected chi connectivity index (χ4v) is 2.86. The second-order valence-electron chi connectivity index (χ2n) is 6.08. The van der Waals surface area contributed by atoms with E-state index in [-0.39, 0.29) is 5.56 Å². The van der Waals surface area contributed by atoms with E-state index >= 15 is 0 Å². The van der Waals surface area contributed by atoms with Crippen LogP contribution in [0.4, 0.5) is 8.78 Å². The van der Waals surface area contributed by atoms with Gasteiger partial charge in [-0.15, -0.1) is 0 Å². The number of likely N-dealkylation sites (tertiary alicyclic amines) is 1. The lowest BCUT2D eigenvalue weighted by molar-refractivity contribution is -0.145. The summed E-state index contributed by atoms with van der Waals surface area (Å²) in [5.74, 6) is -2.89. The molecule has 0 amide bonds. The maximum Gasteiger partial charge on any atom is 0.310 e. The van der Waals surface area contributed by atoms with E-state index < -0.39 is 35.0 Å². The third-order valence-corrected chi connectivity index (χ3v) is 4.29. The summed E-state index contributed by atoms with van der Waals surface area (Å²) in [7, 11) is 1.27. The number of aldehydes is 1. The van der Waals surface area contributed by atoms with Crippen molar-refractivity contribution in [3.05, 3.63) is 35.4 Å². The van der Waals surface area contributed by atoms with Crippen molar-refractivity contribution >= 4 is 12.3 Å². The largest absolute Gasteiger partial charge is 0.469 e. The molecule has 0 bridgehead atoms. The number of carbonyl (C=O) groups excluding carboxylic acids is 2. The Morgan fingerprint density at radius 1 is 1.36 bits per heavy atom. The Morgan fingerprint density at radius 3 is 2.59 bits per heavy atom. The second-order valence-corrected chi connectivity index (χ2v) is 6.08. The highest BCUT2D eigenvalue weighted by molar-refractivity contribution is 5.75. The molecule has 0 saturated carbocycles. The molecule has 1 heterocycles. The average Bonchev–Trinajstić information content (AvgIpc) is 2.92. The van der Waals surface area contributed by atoms with E-state index in [1.165, 1.54) is 19.2 Å². The minimum Gasteiger partial charge on any atom is -0.469 e. The molecule has 0 aliphatic carbocycles. The lowest BCUT2D eigenvalue weighted by Gasteiger charge is -2.30. The van der Waals surface area contributed by atoms with Gasteiger partial charge in [-0.3, -0.25) is 9.69 Å². The van der Waals surface area contributed by atoms with Crippen molar-refractivity contribution in [1.82, 2.24) is 4.90 Å². The summed E-state index contributed by atoms with van der Waals surface area (Å²) in [6.45, 7) is 4.09. The van der Waals surface area contributed by atoms with E-state index in [2.05, 4.69) is 0 Å². The van der Waals surface area contributed by atoms with Crippen LogP contribution in [0.2, 0.25) is 0 Å². The van der Waals surface area contributed by atoms with Crippen molar-refractivity contribution in [2.75, 3.05) is 20.2 Å². The molecule has 2 rings (SSSR count). The molecule has 4 nitrogen and oxygen atoms in total. The Balaban J connectivity index is 2.38. The summed E-state index contributed by atoms with van der Waals surface area (Å²) < 4.78 is 32.0. The Bertz CT molecular complexity index is 589. The van der Waals surface area contributed by atoms with Gasteiger partial charge in [0.2, 0.25) is 0 Å². The van der Waals surface area contributed by atoms with Crippen LogP contribution in [-0.4, -0.2) is 42.9 Å². The Labute approximate surface area is 128 Å². The summed E-state index contributed by atoms with van der Waals surface area (Å²) in [6, 6.07) is 3.32. The number of nitrogens with zero attached hydrogens (tertiary/aromatic N) is 1. The van der Waals surface area contributed by atoms with Crippen molar-refractivity contribution in [2.45, 2.75) is 25.3 Å². The van der Waals surface area contributed by atoms with Crippen LogP contribution in [0.15, 0.2) is 18.2 Å². The summed E-state index contributed by atoms with van der Waals surface area (Å²) in [4.78, 5) is 25.1. The third kappa shape index (κ3) is 3.02. The van der Waals surface area contributed by atoms with Gasteiger partial charge in [0.25, 0.3) is 0 Å². The number of methoxy groups -OCH3 is 1. The first-order chi connectivity index (χ1) is 10.3. The molecule has 1 aliphatic rings. The highest BCUT2D eigenvalue weighted by atomic mass is 19.1. The quantitative estimate of drug-likeness (QED) is 0.631. The van der Waals surface area contributed by atoms with Gasteiger partial charge >= 0.3 is 5.97 Å². The van der Waals surface area contributed by atoms with Crippen LogP contribution >= 0.6 is 0 Å². The lowest BCUT2D eigenvalue weighted by Crippen LogP contribution is -2.44. The van der Waals surface area contributed by atoms with Gasteiger partial charge in [0.05, 0.1) is 18.6 Å². The number of benzene rings is 1. The second kappa shape index (κ2) is 6.12. The molecule has 0 unspecified atom stereocenters.